The van der Waals surface area contributed by atoms with Gasteiger partial charge in [0.1, 0.15) is 11.9 Å². The van der Waals surface area contributed by atoms with E-state index in [2.05, 4.69) is 9.97 Å². The van der Waals surface area contributed by atoms with Gasteiger partial charge in [-0.3, -0.25) is 9.78 Å². The minimum Gasteiger partial charge on any atom is -0.481 e. The van der Waals surface area contributed by atoms with Gasteiger partial charge >= 0.3 is 10.2 Å². The Morgan fingerprint density at radius 1 is 1.13 bits per heavy atom. The molecule has 4 rings (SSSR count). The monoisotopic (exact) mass is 561 g/mol. The van der Waals surface area contributed by atoms with Crippen LogP contribution in [-0.4, -0.2) is 66.2 Å². The number of benzene rings is 1. The van der Waals surface area contributed by atoms with Crippen molar-refractivity contribution in [3.63, 3.8) is 0 Å². The molecule has 1 amide bonds. The summed E-state index contributed by atoms with van der Waals surface area (Å²) in [7, 11) is -2.38. The van der Waals surface area contributed by atoms with Gasteiger partial charge in [0.25, 0.3) is 5.91 Å². The molecule has 2 aromatic heterocycles. The SMILES string of the molecule is CC[C@@H](Oc1ccc(C(=O)NS(=O)(=O)N2CCN(C)[C@@H](C)C2)c(F)c1F)c1ccc(Oc2ccccn2)cn1. The largest absolute Gasteiger partial charge is 0.481 e. The van der Waals surface area contributed by atoms with Crippen molar-refractivity contribution in [1.82, 2.24) is 23.9 Å². The van der Waals surface area contributed by atoms with Crippen LogP contribution in [0.3, 0.4) is 0 Å². The van der Waals surface area contributed by atoms with Gasteiger partial charge in [0.05, 0.1) is 17.5 Å². The lowest BCUT2D eigenvalue weighted by atomic mass is 10.1. The van der Waals surface area contributed by atoms with Gasteiger partial charge in [-0.25, -0.2) is 14.1 Å². The van der Waals surface area contributed by atoms with Crippen LogP contribution in [0.2, 0.25) is 0 Å². The number of likely N-dealkylation sites (N-methyl/N-ethyl adjacent to an activating group) is 1. The summed E-state index contributed by atoms with van der Waals surface area (Å²) in [6.07, 6.45) is 2.69. The van der Waals surface area contributed by atoms with Gasteiger partial charge in [-0.05, 0) is 50.7 Å². The molecule has 208 valence electrons. The van der Waals surface area contributed by atoms with Crippen molar-refractivity contribution in [3.05, 3.63) is 77.8 Å². The predicted octanol–water partition coefficient (Wildman–Crippen LogP) is 3.69. The number of carbonyl (C=O) groups is 1. The van der Waals surface area contributed by atoms with E-state index in [4.69, 9.17) is 9.47 Å². The maximum absolute atomic E-state index is 14.9. The molecule has 3 aromatic rings. The summed E-state index contributed by atoms with van der Waals surface area (Å²) in [4.78, 5) is 22.9. The van der Waals surface area contributed by atoms with Crippen LogP contribution in [0, 0.1) is 11.6 Å². The molecule has 1 saturated heterocycles. The van der Waals surface area contributed by atoms with E-state index in [9.17, 15) is 22.0 Å². The minimum atomic E-state index is -4.25. The summed E-state index contributed by atoms with van der Waals surface area (Å²) in [5.74, 6) is -3.83. The predicted molar refractivity (Wildman–Crippen MR) is 139 cm³/mol. The Kier molecular flexibility index (Phi) is 8.73. The lowest BCUT2D eigenvalue weighted by molar-refractivity contribution is 0.0969. The van der Waals surface area contributed by atoms with Crippen LogP contribution in [0.1, 0.15) is 42.4 Å². The van der Waals surface area contributed by atoms with Crippen LogP contribution in [0.4, 0.5) is 8.78 Å². The van der Waals surface area contributed by atoms with E-state index in [0.717, 1.165) is 16.4 Å². The van der Waals surface area contributed by atoms with Crippen molar-refractivity contribution >= 4 is 16.1 Å². The van der Waals surface area contributed by atoms with E-state index >= 15 is 0 Å². The molecule has 1 fully saturated rings. The fourth-order valence-electron chi connectivity index (χ4n) is 3.95. The highest BCUT2D eigenvalue weighted by Crippen LogP contribution is 2.30. The molecule has 0 bridgehead atoms. The number of rotatable bonds is 9. The Labute approximate surface area is 225 Å². The fourth-order valence-corrected chi connectivity index (χ4v) is 5.15. The fraction of sp³-hybridized carbons (Fsp3) is 0.346. The molecule has 0 radical (unpaired) electrons. The molecule has 1 N–H and O–H groups in total. The topological polar surface area (TPSA) is 114 Å². The second kappa shape index (κ2) is 12.0. The average molecular weight is 562 g/mol. The zero-order chi connectivity index (χ0) is 28.2. The molecule has 3 heterocycles. The first kappa shape index (κ1) is 28.3. The second-order valence-corrected chi connectivity index (χ2v) is 10.7. The van der Waals surface area contributed by atoms with Crippen LogP contribution >= 0.6 is 0 Å². The van der Waals surface area contributed by atoms with Gasteiger partial charge in [0, 0.05) is 37.9 Å². The quantitative estimate of drug-likeness (QED) is 0.421. The zero-order valence-corrected chi connectivity index (χ0v) is 22.5. The number of hydrogen-bond acceptors (Lipinski definition) is 8. The van der Waals surface area contributed by atoms with Crippen molar-refractivity contribution in [2.75, 3.05) is 26.7 Å². The molecule has 0 unspecified atom stereocenters. The molecule has 2 atom stereocenters. The zero-order valence-electron chi connectivity index (χ0n) is 21.7. The number of halogens is 2. The summed E-state index contributed by atoms with van der Waals surface area (Å²) in [6.45, 7) is 4.42. The number of pyridine rings is 2. The summed E-state index contributed by atoms with van der Waals surface area (Å²) < 4.78 is 69.4. The Hall–Kier alpha value is -3.68. The van der Waals surface area contributed by atoms with E-state index in [0.29, 0.717) is 30.3 Å². The van der Waals surface area contributed by atoms with E-state index in [-0.39, 0.29) is 19.1 Å². The highest BCUT2D eigenvalue weighted by Gasteiger charge is 2.32. The third-order valence-corrected chi connectivity index (χ3v) is 7.82. The molecule has 0 saturated carbocycles. The molecule has 0 aliphatic carbocycles. The molecule has 10 nitrogen and oxygen atoms in total. The van der Waals surface area contributed by atoms with Gasteiger partial charge in [0.2, 0.25) is 11.7 Å². The maximum Gasteiger partial charge on any atom is 0.304 e. The summed E-state index contributed by atoms with van der Waals surface area (Å²) >= 11 is 0. The first-order valence-electron chi connectivity index (χ1n) is 12.3. The number of nitrogens with one attached hydrogen (secondary N) is 1. The molecule has 13 heteroatoms. The molecule has 39 heavy (non-hydrogen) atoms. The Balaban J connectivity index is 1.45. The van der Waals surface area contributed by atoms with Gasteiger partial charge in [-0.15, -0.1) is 0 Å². The number of carbonyl (C=O) groups excluding carboxylic acids is 1. The van der Waals surface area contributed by atoms with Gasteiger partial charge < -0.3 is 14.4 Å². The number of amides is 1. The third kappa shape index (κ3) is 6.67. The summed E-state index contributed by atoms with van der Waals surface area (Å²) in [5.41, 5.74) is -0.312. The molecular formula is C26H29F2N5O5S. The third-order valence-electron chi connectivity index (χ3n) is 6.36. The van der Waals surface area contributed by atoms with E-state index in [1.165, 1.54) is 6.20 Å². The Morgan fingerprint density at radius 2 is 1.92 bits per heavy atom. The Bertz CT molecular complexity index is 1410. The van der Waals surface area contributed by atoms with Gasteiger partial charge in [-0.1, -0.05) is 13.0 Å². The summed E-state index contributed by atoms with van der Waals surface area (Å²) in [5, 5.41) is 0. The van der Waals surface area contributed by atoms with Crippen molar-refractivity contribution in [3.8, 4) is 17.4 Å². The summed E-state index contributed by atoms with van der Waals surface area (Å²) in [6, 6.07) is 10.5. The van der Waals surface area contributed by atoms with Gasteiger partial charge in [-0.2, -0.15) is 17.1 Å². The second-order valence-electron chi connectivity index (χ2n) is 9.07. The van der Waals surface area contributed by atoms with Crippen molar-refractivity contribution in [1.29, 1.82) is 0 Å². The van der Waals surface area contributed by atoms with E-state index in [1.807, 2.05) is 23.6 Å². The van der Waals surface area contributed by atoms with E-state index < -0.39 is 45.2 Å². The van der Waals surface area contributed by atoms with Crippen LogP contribution in [0.25, 0.3) is 0 Å². The molecular weight excluding hydrogens is 532 g/mol. The van der Waals surface area contributed by atoms with Crippen molar-refractivity contribution < 1.29 is 31.5 Å². The van der Waals surface area contributed by atoms with E-state index in [1.54, 1.807) is 43.5 Å². The highest BCUT2D eigenvalue weighted by atomic mass is 32.2. The van der Waals surface area contributed by atoms with Crippen molar-refractivity contribution in [2.24, 2.45) is 0 Å². The maximum atomic E-state index is 14.9. The number of hydrogen-bond donors (Lipinski definition) is 1. The lowest BCUT2D eigenvalue weighted by Crippen LogP contribution is -2.55. The first-order valence-corrected chi connectivity index (χ1v) is 13.7. The lowest BCUT2D eigenvalue weighted by Gasteiger charge is -2.36. The smallest absolute Gasteiger partial charge is 0.304 e. The molecule has 1 aliphatic heterocycles. The van der Waals surface area contributed by atoms with Crippen LogP contribution in [0.5, 0.6) is 17.4 Å². The number of ether oxygens (including phenoxy) is 2. The molecule has 1 aliphatic rings. The number of nitrogens with zero attached hydrogens (tertiary/aromatic N) is 4. The van der Waals surface area contributed by atoms with Crippen LogP contribution < -0.4 is 14.2 Å². The average Bonchev–Trinajstić information content (AvgIpc) is 2.92. The normalized spacial score (nSPS) is 17.4. The standard InChI is InChI=1S/C26H29F2N5O5S/c1-4-21(20-10-8-18(15-30-20)37-23-7-5-6-12-29-23)38-22-11-9-19(24(27)25(22)28)26(34)31-39(35,36)33-14-13-32(3)17(2)16-33/h5-12,15,17,21H,4,13-14,16H2,1-3H3,(H,31,34)/t17-,21+/m0/s1. The molecule has 1 aromatic carbocycles. The number of aromatic nitrogens is 2. The van der Waals surface area contributed by atoms with Crippen LogP contribution in [0.15, 0.2) is 54.9 Å². The van der Waals surface area contributed by atoms with Crippen LogP contribution in [-0.2, 0) is 10.2 Å². The van der Waals surface area contributed by atoms with Gasteiger partial charge in [0.15, 0.2) is 11.6 Å². The highest BCUT2D eigenvalue weighted by molar-refractivity contribution is 7.87. The first-order chi connectivity index (χ1) is 18.6. The minimum absolute atomic E-state index is 0.0679. The number of piperazine rings is 1. The molecule has 0 spiro atoms. The van der Waals surface area contributed by atoms with Crippen molar-refractivity contribution in [2.45, 2.75) is 32.4 Å². The Morgan fingerprint density at radius 3 is 2.56 bits per heavy atom.